The van der Waals surface area contributed by atoms with E-state index in [4.69, 9.17) is 5.73 Å². The van der Waals surface area contributed by atoms with E-state index in [9.17, 15) is 33.9 Å². The molecule has 0 radical (unpaired) electrons. The Bertz CT molecular complexity index is 1470. The Morgan fingerprint density at radius 1 is 0.974 bits per heavy atom. The fourth-order valence-electron chi connectivity index (χ4n) is 4.03. The molecule has 0 saturated carbocycles. The molecule has 6 N–H and O–H groups in total. The molecule has 3 atom stereocenters. The molecule has 3 rings (SSSR count). The number of carboxylic acids is 1. The number of nitrogens with one attached hydrogen (secondary N) is 3. The standard InChI is InChI=1S/C26H29N5O7S/c1-39-14-19(25(36)37)29-22(33)18(11-12-21(27)32)28-23(34)20(13-15-7-3-2-4-8-15)31-24(35)16-9-5-6-10-17(16)30-26(31)38/h2-10,18-20H,11-14H2,1H3,(H2,27,32)(H,28,34)(H,29,33)(H,30,38)(H,36,37). The van der Waals surface area contributed by atoms with E-state index in [0.29, 0.717) is 11.1 Å². The Hall–Kier alpha value is -4.39. The van der Waals surface area contributed by atoms with Crippen LogP contribution in [0, 0.1) is 0 Å². The number of primary amides is 1. The van der Waals surface area contributed by atoms with E-state index in [2.05, 4.69) is 15.6 Å². The molecule has 39 heavy (non-hydrogen) atoms. The summed E-state index contributed by atoms with van der Waals surface area (Å²) in [4.78, 5) is 78.7. The van der Waals surface area contributed by atoms with Crippen molar-refractivity contribution in [2.75, 3.05) is 12.0 Å². The van der Waals surface area contributed by atoms with Crippen LogP contribution in [0.3, 0.4) is 0 Å². The van der Waals surface area contributed by atoms with Crippen LogP contribution >= 0.6 is 11.8 Å². The number of thioether (sulfide) groups is 1. The number of para-hydroxylation sites is 1. The highest BCUT2D eigenvalue weighted by atomic mass is 32.2. The first-order chi connectivity index (χ1) is 18.6. The molecular weight excluding hydrogens is 526 g/mol. The van der Waals surface area contributed by atoms with Crippen molar-refractivity contribution >= 4 is 46.4 Å². The summed E-state index contributed by atoms with van der Waals surface area (Å²) < 4.78 is 0.793. The predicted molar refractivity (Wildman–Crippen MR) is 146 cm³/mol. The van der Waals surface area contributed by atoms with Crippen LogP contribution in [0.25, 0.3) is 10.9 Å². The van der Waals surface area contributed by atoms with E-state index in [1.165, 1.54) is 17.8 Å². The van der Waals surface area contributed by atoms with Crippen LogP contribution < -0.4 is 27.6 Å². The first-order valence-electron chi connectivity index (χ1n) is 12.0. The zero-order valence-corrected chi connectivity index (χ0v) is 21.9. The van der Waals surface area contributed by atoms with E-state index in [-0.39, 0.29) is 30.4 Å². The molecule has 2 aromatic carbocycles. The molecule has 1 heterocycles. The molecule has 0 aliphatic rings. The van der Waals surface area contributed by atoms with Gasteiger partial charge in [-0.3, -0.25) is 19.2 Å². The quantitative estimate of drug-likeness (QED) is 0.197. The van der Waals surface area contributed by atoms with Gasteiger partial charge in [-0.25, -0.2) is 14.2 Å². The summed E-state index contributed by atoms with van der Waals surface area (Å²) in [5, 5.41) is 14.5. The van der Waals surface area contributed by atoms with Gasteiger partial charge in [0.05, 0.1) is 10.9 Å². The van der Waals surface area contributed by atoms with E-state index < -0.39 is 53.1 Å². The number of aromatic amines is 1. The summed E-state index contributed by atoms with van der Waals surface area (Å²) in [5.41, 5.74) is 4.66. The second kappa shape index (κ2) is 13.4. The van der Waals surface area contributed by atoms with Gasteiger partial charge in [-0.05, 0) is 30.4 Å². The Kier molecular flexibility index (Phi) is 10.0. The van der Waals surface area contributed by atoms with Crippen molar-refractivity contribution in [2.24, 2.45) is 5.73 Å². The topological polar surface area (TPSA) is 193 Å². The maximum Gasteiger partial charge on any atom is 0.329 e. The minimum absolute atomic E-state index is 0.0655. The molecule has 1 aromatic heterocycles. The molecule has 206 valence electrons. The van der Waals surface area contributed by atoms with Gasteiger partial charge in [-0.1, -0.05) is 42.5 Å². The van der Waals surface area contributed by atoms with Crippen molar-refractivity contribution in [2.45, 2.75) is 37.4 Å². The van der Waals surface area contributed by atoms with Crippen LogP contribution in [-0.4, -0.2) is 62.4 Å². The number of amides is 3. The van der Waals surface area contributed by atoms with Crippen molar-refractivity contribution in [3.63, 3.8) is 0 Å². The number of rotatable bonds is 13. The molecule has 3 unspecified atom stereocenters. The largest absolute Gasteiger partial charge is 0.480 e. The lowest BCUT2D eigenvalue weighted by atomic mass is 10.0. The molecule has 13 heteroatoms. The number of nitrogens with zero attached hydrogens (tertiary/aromatic N) is 1. The van der Waals surface area contributed by atoms with Gasteiger partial charge in [0, 0.05) is 18.6 Å². The van der Waals surface area contributed by atoms with Crippen molar-refractivity contribution in [3.05, 3.63) is 81.0 Å². The number of H-pyrrole nitrogens is 1. The normalized spacial score (nSPS) is 13.3. The monoisotopic (exact) mass is 555 g/mol. The number of aliphatic carboxylic acids is 1. The van der Waals surface area contributed by atoms with Crippen LogP contribution in [-0.2, 0) is 25.6 Å². The lowest BCUT2D eigenvalue weighted by Gasteiger charge is -2.24. The Balaban J connectivity index is 2.01. The van der Waals surface area contributed by atoms with Gasteiger partial charge in [0.1, 0.15) is 18.1 Å². The molecule has 3 amide bonds. The number of carboxylic acid groups (broad SMARTS) is 1. The van der Waals surface area contributed by atoms with E-state index in [0.717, 1.165) is 4.57 Å². The summed E-state index contributed by atoms with van der Waals surface area (Å²) in [6.45, 7) is 0. The predicted octanol–water partition coefficient (Wildman–Crippen LogP) is 0.156. The van der Waals surface area contributed by atoms with Crippen LogP contribution in [0.5, 0.6) is 0 Å². The van der Waals surface area contributed by atoms with Gasteiger partial charge >= 0.3 is 11.7 Å². The Morgan fingerprint density at radius 3 is 2.26 bits per heavy atom. The number of fused-ring (bicyclic) bond motifs is 1. The molecule has 3 aromatic rings. The summed E-state index contributed by atoms with van der Waals surface area (Å²) >= 11 is 1.20. The second-order valence-electron chi connectivity index (χ2n) is 8.78. The van der Waals surface area contributed by atoms with Gasteiger partial charge in [-0.15, -0.1) is 0 Å². The van der Waals surface area contributed by atoms with Crippen molar-refractivity contribution in [3.8, 4) is 0 Å². The fourth-order valence-corrected chi connectivity index (χ4v) is 4.59. The van der Waals surface area contributed by atoms with E-state index in [1.54, 1.807) is 54.8 Å². The third-order valence-electron chi connectivity index (χ3n) is 5.98. The average Bonchev–Trinajstić information content (AvgIpc) is 2.90. The summed E-state index contributed by atoms with van der Waals surface area (Å²) in [7, 11) is 0. The Morgan fingerprint density at radius 2 is 1.62 bits per heavy atom. The Labute approximate surface area is 227 Å². The average molecular weight is 556 g/mol. The summed E-state index contributed by atoms with van der Waals surface area (Å²) in [6, 6.07) is 11.1. The van der Waals surface area contributed by atoms with E-state index >= 15 is 0 Å². The second-order valence-corrected chi connectivity index (χ2v) is 9.69. The maximum atomic E-state index is 13.7. The van der Waals surface area contributed by atoms with Gasteiger partial charge < -0.3 is 26.5 Å². The van der Waals surface area contributed by atoms with Crippen LogP contribution in [0.15, 0.2) is 64.2 Å². The minimum atomic E-state index is -1.38. The number of carbonyl (C=O) groups is 4. The lowest BCUT2D eigenvalue weighted by molar-refractivity contribution is -0.141. The van der Waals surface area contributed by atoms with Crippen LogP contribution in [0.1, 0.15) is 24.4 Å². The van der Waals surface area contributed by atoms with Gasteiger partial charge in [0.2, 0.25) is 17.7 Å². The summed E-state index contributed by atoms with van der Waals surface area (Å²) in [6.07, 6.45) is 1.10. The molecule has 0 aliphatic heterocycles. The van der Waals surface area contributed by atoms with Gasteiger partial charge in [0.25, 0.3) is 5.56 Å². The lowest BCUT2D eigenvalue weighted by Crippen LogP contribution is -2.55. The molecule has 12 nitrogen and oxygen atoms in total. The molecule has 0 fully saturated rings. The van der Waals surface area contributed by atoms with Gasteiger partial charge in [-0.2, -0.15) is 11.8 Å². The minimum Gasteiger partial charge on any atom is -0.480 e. The molecule has 0 aliphatic carbocycles. The number of hydrogen-bond acceptors (Lipinski definition) is 7. The number of nitrogens with two attached hydrogens (primary N) is 1. The molecule has 0 saturated heterocycles. The van der Waals surface area contributed by atoms with E-state index in [1.807, 2.05) is 0 Å². The van der Waals surface area contributed by atoms with Crippen molar-refractivity contribution < 1.29 is 24.3 Å². The highest BCUT2D eigenvalue weighted by Gasteiger charge is 2.31. The first kappa shape index (κ1) is 29.2. The third-order valence-corrected chi connectivity index (χ3v) is 6.65. The molecule has 0 spiro atoms. The zero-order chi connectivity index (χ0) is 28.5. The fraction of sp³-hybridized carbons (Fsp3) is 0.308. The molecule has 0 bridgehead atoms. The first-order valence-corrected chi connectivity index (χ1v) is 13.4. The third kappa shape index (κ3) is 7.57. The number of aromatic nitrogens is 2. The maximum absolute atomic E-state index is 13.7. The highest BCUT2D eigenvalue weighted by molar-refractivity contribution is 7.98. The number of carbonyl (C=O) groups excluding carboxylic acids is 3. The van der Waals surface area contributed by atoms with Crippen LogP contribution in [0.2, 0.25) is 0 Å². The molecular formula is C26H29N5O7S. The van der Waals surface area contributed by atoms with Crippen molar-refractivity contribution in [1.82, 2.24) is 20.2 Å². The number of hydrogen-bond donors (Lipinski definition) is 5. The van der Waals surface area contributed by atoms with Crippen molar-refractivity contribution in [1.29, 1.82) is 0 Å². The highest BCUT2D eigenvalue weighted by Crippen LogP contribution is 2.15. The van der Waals surface area contributed by atoms with Crippen LogP contribution in [0.4, 0.5) is 0 Å². The van der Waals surface area contributed by atoms with Gasteiger partial charge in [0.15, 0.2) is 0 Å². The SMILES string of the molecule is CSCC(NC(=O)C(CCC(N)=O)NC(=O)C(Cc1ccccc1)n1c(=O)[nH]c2ccccc2c1=O)C(=O)O. The number of benzene rings is 2. The summed E-state index contributed by atoms with van der Waals surface area (Å²) in [5.74, 6) is -3.62. The smallest absolute Gasteiger partial charge is 0.329 e. The zero-order valence-electron chi connectivity index (χ0n) is 21.1.